The summed E-state index contributed by atoms with van der Waals surface area (Å²) in [6.07, 6.45) is 0.791. The molecule has 2 aromatic rings. The molecule has 0 aliphatic heterocycles. The summed E-state index contributed by atoms with van der Waals surface area (Å²) in [5.74, 6) is 0. The largest absolute Gasteiger partial charge is 0.313 e. The summed E-state index contributed by atoms with van der Waals surface area (Å²) in [4.78, 5) is 0. The van der Waals surface area contributed by atoms with E-state index in [-0.39, 0.29) is 6.04 Å². The topological polar surface area (TPSA) is 29.9 Å². The molecule has 1 atom stereocenters. The third-order valence-corrected chi connectivity index (χ3v) is 5.24. The van der Waals surface area contributed by atoms with Gasteiger partial charge in [-0.25, -0.2) is 0 Å². The van der Waals surface area contributed by atoms with E-state index in [0.717, 1.165) is 38.3 Å². The molecule has 0 aliphatic carbocycles. The highest BCUT2D eigenvalue weighted by Crippen LogP contribution is 2.31. The van der Waals surface area contributed by atoms with Crippen LogP contribution in [0.3, 0.4) is 0 Å². The van der Waals surface area contributed by atoms with E-state index in [4.69, 9.17) is 11.6 Å². The first-order valence-electron chi connectivity index (χ1n) is 6.81. The van der Waals surface area contributed by atoms with Gasteiger partial charge in [0.1, 0.15) is 0 Å². The second kappa shape index (κ2) is 7.27. The van der Waals surface area contributed by atoms with E-state index in [1.165, 1.54) is 5.56 Å². The fourth-order valence-corrected chi connectivity index (χ4v) is 3.52. The van der Waals surface area contributed by atoms with Gasteiger partial charge in [0.2, 0.25) is 0 Å². The van der Waals surface area contributed by atoms with Crippen LogP contribution in [-0.2, 0) is 13.0 Å². The van der Waals surface area contributed by atoms with Crippen molar-refractivity contribution in [2.75, 3.05) is 7.05 Å². The van der Waals surface area contributed by atoms with Gasteiger partial charge in [0.15, 0.2) is 0 Å². The predicted molar refractivity (Wildman–Crippen MR) is 95.0 cm³/mol. The highest BCUT2D eigenvalue weighted by atomic mass is 79.9. The minimum absolute atomic E-state index is 0.163. The van der Waals surface area contributed by atoms with Gasteiger partial charge in [-0.1, -0.05) is 43.5 Å². The zero-order valence-corrected chi connectivity index (χ0v) is 16.2. The Morgan fingerprint density at radius 1 is 1.38 bits per heavy atom. The third-order valence-electron chi connectivity index (χ3n) is 3.53. The standard InChI is InChI=1S/C15H18Br2ClN3/c1-4-21-14(15(18)9(2)20-21)8-13(19-3)11-7-10(16)5-6-12(11)17/h5-7,13,19H,4,8H2,1-3H3. The molecule has 0 amide bonds. The molecule has 0 aliphatic rings. The van der Waals surface area contributed by atoms with Crippen LogP contribution < -0.4 is 5.32 Å². The van der Waals surface area contributed by atoms with E-state index in [9.17, 15) is 0 Å². The maximum Gasteiger partial charge on any atom is 0.0847 e. The Labute approximate surface area is 147 Å². The lowest BCUT2D eigenvalue weighted by molar-refractivity contribution is 0.539. The van der Waals surface area contributed by atoms with Crippen molar-refractivity contribution in [1.29, 1.82) is 0 Å². The van der Waals surface area contributed by atoms with Crippen molar-refractivity contribution in [3.05, 3.63) is 49.1 Å². The van der Waals surface area contributed by atoms with Gasteiger partial charge in [-0.05, 0) is 44.7 Å². The molecular formula is C15H18Br2ClN3. The lowest BCUT2D eigenvalue weighted by Gasteiger charge is -2.19. The Balaban J connectivity index is 2.38. The number of nitrogens with one attached hydrogen (secondary N) is 1. The van der Waals surface area contributed by atoms with E-state index in [0.29, 0.717) is 0 Å². The van der Waals surface area contributed by atoms with Crippen molar-refractivity contribution in [1.82, 2.24) is 15.1 Å². The molecule has 1 unspecified atom stereocenters. The molecular weight excluding hydrogens is 417 g/mol. The Hall–Kier alpha value is -0.360. The van der Waals surface area contributed by atoms with E-state index in [1.54, 1.807) is 0 Å². The Morgan fingerprint density at radius 2 is 2.10 bits per heavy atom. The molecule has 1 N–H and O–H groups in total. The summed E-state index contributed by atoms with van der Waals surface area (Å²) < 4.78 is 4.13. The molecule has 0 fully saturated rings. The second-order valence-corrected chi connectivity index (χ2v) is 7.02. The van der Waals surface area contributed by atoms with Crippen molar-refractivity contribution >= 4 is 43.5 Å². The quantitative estimate of drug-likeness (QED) is 0.725. The van der Waals surface area contributed by atoms with Crippen molar-refractivity contribution in [2.45, 2.75) is 32.9 Å². The van der Waals surface area contributed by atoms with Crippen LogP contribution in [0.4, 0.5) is 0 Å². The average Bonchev–Trinajstić information content (AvgIpc) is 2.74. The number of likely N-dealkylation sites (N-methyl/N-ethyl adjacent to an activating group) is 1. The molecule has 0 saturated carbocycles. The number of rotatable bonds is 5. The van der Waals surface area contributed by atoms with Crippen molar-refractivity contribution in [2.24, 2.45) is 0 Å². The van der Waals surface area contributed by atoms with Gasteiger partial charge in [-0.2, -0.15) is 5.10 Å². The molecule has 0 spiro atoms. The molecule has 0 saturated heterocycles. The maximum absolute atomic E-state index is 6.42. The van der Waals surface area contributed by atoms with Crippen LogP contribution in [0, 0.1) is 6.92 Å². The molecule has 21 heavy (non-hydrogen) atoms. The highest BCUT2D eigenvalue weighted by Gasteiger charge is 2.20. The number of nitrogens with zero attached hydrogens (tertiary/aromatic N) is 2. The third kappa shape index (κ3) is 3.70. The van der Waals surface area contributed by atoms with E-state index >= 15 is 0 Å². The van der Waals surface area contributed by atoms with Gasteiger partial charge in [-0.3, -0.25) is 4.68 Å². The molecule has 1 aromatic carbocycles. The van der Waals surface area contributed by atoms with Crippen LogP contribution in [0.1, 0.15) is 29.9 Å². The zero-order chi connectivity index (χ0) is 15.6. The Bertz CT molecular complexity index is 640. The smallest absolute Gasteiger partial charge is 0.0847 e. The number of aryl methyl sites for hydroxylation is 2. The number of halogens is 3. The van der Waals surface area contributed by atoms with Gasteiger partial charge >= 0.3 is 0 Å². The summed E-state index contributed by atoms with van der Waals surface area (Å²) in [6, 6.07) is 6.36. The number of aromatic nitrogens is 2. The van der Waals surface area contributed by atoms with Gasteiger partial charge in [0, 0.05) is 28.0 Å². The average molecular weight is 436 g/mol. The number of benzene rings is 1. The first kappa shape index (κ1) is 17.0. The summed E-state index contributed by atoms with van der Waals surface area (Å²) in [7, 11) is 1.96. The molecule has 1 aromatic heterocycles. The van der Waals surface area contributed by atoms with Gasteiger partial charge in [0.25, 0.3) is 0 Å². The molecule has 6 heteroatoms. The minimum Gasteiger partial charge on any atom is -0.313 e. The van der Waals surface area contributed by atoms with E-state index in [2.05, 4.69) is 55.3 Å². The van der Waals surface area contributed by atoms with Crippen LogP contribution in [0.5, 0.6) is 0 Å². The number of hydrogen-bond acceptors (Lipinski definition) is 2. The lowest BCUT2D eigenvalue weighted by Crippen LogP contribution is -2.21. The van der Waals surface area contributed by atoms with E-state index in [1.807, 2.05) is 30.8 Å². The Kier molecular flexibility index (Phi) is 5.88. The van der Waals surface area contributed by atoms with Crippen LogP contribution >= 0.6 is 43.5 Å². The monoisotopic (exact) mass is 433 g/mol. The normalized spacial score (nSPS) is 12.7. The fourth-order valence-electron chi connectivity index (χ4n) is 2.41. The summed E-state index contributed by atoms with van der Waals surface area (Å²) >= 11 is 13.6. The van der Waals surface area contributed by atoms with Crippen molar-refractivity contribution in [3.63, 3.8) is 0 Å². The van der Waals surface area contributed by atoms with E-state index < -0.39 is 0 Å². The van der Waals surface area contributed by atoms with Gasteiger partial charge in [0.05, 0.1) is 16.4 Å². The highest BCUT2D eigenvalue weighted by molar-refractivity contribution is 9.11. The fraction of sp³-hybridized carbons (Fsp3) is 0.400. The van der Waals surface area contributed by atoms with Crippen molar-refractivity contribution < 1.29 is 0 Å². The van der Waals surface area contributed by atoms with Gasteiger partial charge < -0.3 is 5.32 Å². The number of hydrogen-bond donors (Lipinski definition) is 1. The summed E-state index contributed by atoms with van der Waals surface area (Å²) in [6.45, 7) is 4.84. The van der Waals surface area contributed by atoms with Crippen LogP contribution in [0.2, 0.25) is 5.02 Å². The minimum atomic E-state index is 0.163. The molecule has 0 radical (unpaired) electrons. The SMILES string of the molecule is CCn1nc(C)c(Cl)c1CC(NC)c1cc(Br)ccc1Br. The first-order chi connectivity index (χ1) is 9.97. The van der Waals surface area contributed by atoms with Crippen LogP contribution in [0.25, 0.3) is 0 Å². The second-order valence-electron chi connectivity index (χ2n) is 4.87. The molecule has 114 valence electrons. The lowest BCUT2D eigenvalue weighted by atomic mass is 10.0. The van der Waals surface area contributed by atoms with Crippen molar-refractivity contribution in [3.8, 4) is 0 Å². The molecule has 2 rings (SSSR count). The summed E-state index contributed by atoms with van der Waals surface area (Å²) in [5.41, 5.74) is 3.16. The molecule has 1 heterocycles. The summed E-state index contributed by atoms with van der Waals surface area (Å²) in [5, 5.41) is 8.62. The maximum atomic E-state index is 6.42. The predicted octanol–water partition coefficient (Wildman–Crippen LogP) is 4.89. The molecule has 3 nitrogen and oxygen atoms in total. The zero-order valence-electron chi connectivity index (χ0n) is 12.3. The first-order valence-corrected chi connectivity index (χ1v) is 8.78. The molecule has 0 bridgehead atoms. The Morgan fingerprint density at radius 3 is 2.71 bits per heavy atom. The van der Waals surface area contributed by atoms with Crippen LogP contribution in [-0.4, -0.2) is 16.8 Å². The van der Waals surface area contributed by atoms with Crippen LogP contribution in [0.15, 0.2) is 27.1 Å². The van der Waals surface area contributed by atoms with Gasteiger partial charge in [-0.15, -0.1) is 0 Å².